The molecule has 1 aliphatic heterocycles. The molecule has 0 bridgehead atoms. The second kappa shape index (κ2) is 6.01. The van der Waals surface area contributed by atoms with Gasteiger partial charge in [-0.25, -0.2) is 8.42 Å². The van der Waals surface area contributed by atoms with Crippen molar-refractivity contribution in [2.45, 2.75) is 26.2 Å². The Hall–Kier alpha value is -1.27. The molecule has 1 saturated heterocycles. The van der Waals surface area contributed by atoms with E-state index in [2.05, 4.69) is 5.32 Å². The third-order valence-corrected chi connectivity index (χ3v) is 5.25. The highest BCUT2D eigenvalue weighted by molar-refractivity contribution is 7.93. The van der Waals surface area contributed by atoms with Gasteiger partial charge in [0.05, 0.1) is 16.5 Å². The lowest BCUT2D eigenvalue weighted by Crippen LogP contribution is -2.25. The molecule has 0 aliphatic carbocycles. The number of nitrogens with zero attached hydrogens (tertiary/aromatic N) is 1. The number of benzene rings is 1. The number of halogens is 1. The largest absolute Gasteiger partial charge is 0.326 e. The first-order chi connectivity index (χ1) is 9.44. The minimum Gasteiger partial charge on any atom is -0.326 e. The van der Waals surface area contributed by atoms with Crippen LogP contribution in [0.3, 0.4) is 0 Å². The van der Waals surface area contributed by atoms with Crippen LogP contribution < -0.4 is 9.62 Å². The molecule has 1 aromatic carbocycles. The fourth-order valence-electron chi connectivity index (χ4n) is 2.14. The fourth-order valence-corrected chi connectivity index (χ4v) is 3.98. The fraction of sp³-hybridized carbons (Fsp3) is 0.462. The minimum atomic E-state index is -3.28. The Morgan fingerprint density at radius 2 is 2.20 bits per heavy atom. The van der Waals surface area contributed by atoms with Crippen LogP contribution in [0.4, 0.5) is 11.4 Å². The molecule has 1 heterocycles. The van der Waals surface area contributed by atoms with E-state index in [1.54, 1.807) is 18.2 Å². The van der Waals surface area contributed by atoms with Crippen LogP contribution in [0.1, 0.15) is 26.2 Å². The molecule has 1 aromatic rings. The molecule has 110 valence electrons. The second-order valence-electron chi connectivity index (χ2n) is 4.71. The summed E-state index contributed by atoms with van der Waals surface area (Å²) in [7, 11) is -3.28. The lowest BCUT2D eigenvalue weighted by atomic mass is 10.2. The van der Waals surface area contributed by atoms with Crippen LogP contribution in [0.15, 0.2) is 18.2 Å². The van der Waals surface area contributed by atoms with Crippen LogP contribution in [0.25, 0.3) is 0 Å². The second-order valence-corrected chi connectivity index (χ2v) is 7.13. The van der Waals surface area contributed by atoms with Gasteiger partial charge in [0, 0.05) is 18.7 Å². The van der Waals surface area contributed by atoms with E-state index in [9.17, 15) is 13.2 Å². The summed E-state index contributed by atoms with van der Waals surface area (Å²) in [4.78, 5) is 11.6. The van der Waals surface area contributed by atoms with Gasteiger partial charge in [0.2, 0.25) is 15.9 Å². The Labute approximate surface area is 124 Å². The molecule has 0 atom stereocenters. The summed E-state index contributed by atoms with van der Waals surface area (Å²) >= 11 is 6.08. The van der Waals surface area contributed by atoms with Crippen molar-refractivity contribution in [3.8, 4) is 0 Å². The van der Waals surface area contributed by atoms with Crippen molar-refractivity contribution in [2.24, 2.45) is 0 Å². The Morgan fingerprint density at radius 3 is 2.80 bits per heavy atom. The topological polar surface area (TPSA) is 66.5 Å². The van der Waals surface area contributed by atoms with Crippen LogP contribution in [-0.2, 0) is 14.8 Å². The standard InChI is InChI=1S/C13H17ClN2O3S/c1-2-4-13(17)15-10-5-6-11(14)12(9-10)16-7-3-8-20(16,18)19/h5-6,9H,2-4,7-8H2,1H3,(H,15,17). The molecule has 0 radical (unpaired) electrons. The molecule has 5 nitrogen and oxygen atoms in total. The SMILES string of the molecule is CCCC(=O)Nc1ccc(Cl)c(N2CCCS2(=O)=O)c1. The Kier molecular flexibility index (Phi) is 4.55. The molecule has 0 unspecified atom stereocenters. The average Bonchev–Trinajstić information content (AvgIpc) is 2.72. The van der Waals surface area contributed by atoms with Crippen LogP contribution in [-0.4, -0.2) is 26.6 Å². The van der Waals surface area contributed by atoms with E-state index in [4.69, 9.17) is 11.6 Å². The average molecular weight is 317 g/mol. The first-order valence-corrected chi connectivity index (χ1v) is 8.52. The van der Waals surface area contributed by atoms with Crippen molar-refractivity contribution in [1.82, 2.24) is 0 Å². The monoisotopic (exact) mass is 316 g/mol. The summed E-state index contributed by atoms with van der Waals surface area (Å²) in [5.74, 6) is 0.0421. The number of hydrogen-bond acceptors (Lipinski definition) is 3. The predicted octanol–water partition coefficient (Wildman–Crippen LogP) is 2.62. The molecule has 2 rings (SSSR count). The van der Waals surface area contributed by atoms with Gasteiger partial charge in [0.1, 0.15) is 0 Å². The summed E-state index contributed by atoms with van der Waals surface area (Å²) in [5.41, 5.74) is 0.989. The number of nitrogens with one attached hydrogen (secondary N) is 1. The zero-order valence-electron chi connectivity index (χ0n) is 11.2. The summed E-state index contributed by atoms with van der Waals surface area (Å²) < 4.78 is 25.2. The van der Waals surface area contributed by atoms with Crippen molar-refractivity contribution < 1.29 is 13.2 Å². The van der Waals surface area contributed by atoms with Crippen LogP contribution in [0.5, 0.6) is 0 Å². The molecule has 0 aromatic heterocycles. The number of carbonyl (C=O) groups is 1. The molecule has 1 aliphatic rings. The number of rotatable bonds is 4. The molecule has 0 saturated carbocycles. The number of carbonyl (C=O) groups excluding carboxylic acids is 1. The number of anilines is 2. The minimum absolute atomic E-state index is 0.0925. The van der Waals surface area contributed by atoms with Crippen LogP contribution in [0, 0.1) is 0 Å². The van der Waals surface area contributed by atoms with E-state index in [1.165, 1.54) is 4.31 Å². The molecular weight excluding hydrogens is 300 g/mol. The highest BCUT2D eigenvalue weighted by atomic mass is 35.5. The number of hydrogen-bond donors (Lipinski definition) is 1. The summed E-state index contributed by atoms with van der Waals surface area (Å²) in [5, 5.41) is 3.11. The molecular formula is C13H17ClN2O3S. The van der Waals surface area contributed by atoms with E-state index in [0.29, 0.717) is 35.8 Å². The van der Waals surface area contributed by atoms with Crippen molar-refractivity contribution >= 4 is 38.9 Å². The van der Waals surface area contributed by atoms with Gasteiger partial charge in [-0.2, -0.15) is 0 Å². The highest BCUT2D eigenvalue weighted by Gasteiger charge is 2.30. The van der Waals surface area contributed by atoms with E-state index in [-0.39, 0.29) is 11.7 Å². The first kappa shape index (κ1) is 15.1. The normalized spacial score (nSPS) is 17.2. The summed E-state index contributed by atoms with van der Waals surface area (Å²) in [6.45, 7) is 2.35. The maximum absolute atomic E-state index is 11.9. The lowest BCUT2D eigenvalue weighted by Gasteiger charge is -2.19. The van der Waals surface area contributed by atoms with Gasteiger partial charge >= 0.3 is 0 Å². The molecule has 20 heavy (non-hydrogen) atoms. The van der Waals surface area contributed by atoms with Crippen LogP contribution >= 0.6 is 11.6 Å². The lowest BCUT2D eigenvalue weighted by molar-refractivity contribution is -0.116. The van der Waals surface area contributed by atoms with Gasteiger partial charge in [-0.3, -0.25) is 9.10 Å². The van der Waals surface area contributed by atoms with Crippen LogP contribution in [0.2, 0.25) is 5.02 Å². The third-order valence-electron chi connectivity index (χ3n) is 3.07. The molecule has 1 fully saturated rings. The predicted molar refractivity (Wildman–Crippen MR) is 80.7 cm³/mol. The van der Waals surface area contributed by atoms with Crippen molar-refractivity contribution in [3.05, 3.63) is 23.2 Å². The Bertz CT molecular complexity index is 616. The Balaban J connectivity index is 2.28. The zero-order chi connectivity index (χ0) is 14.8. The van der Waals surface area contributed by atoms with Crippen molar-refractivity contribution in [3.63, 3.8) is 0 Å². The van der Waals surface area contributed by atoms with Gasteiger partial charge < -0.3 is 5.32 Å². The third kappa shape index (κ3) is 3.24. The highest BCUT2D eigenvalue weighted by Crippen LogP contribution is 2.33. The summed E-state index contributed by atoms with van der Waals surface area (Å²) in [6.07, 6.45) is 1.78. The first-order valence-electron chi connectivity index (χ1n) is 6.54. The quantitative estimate of drug-likeness (QED) is 0.928. The van der Waals surface area contributed by atoms with Gasteiger partial charge in [0.15, 0.2) is 0 Å². The molecule has 7 heteroatoms. The number of amides is 1. The van der Waals surface area contributed by atoms with Gasteiger partial charge in [-0.15, -0.1) is 0 Å². The molecule has 0 spiro atoms. The number of sulfonamides is 1. The van der Waals surface area contributed by atoms with Gasteiger partial charge in [-0.05, 0) is 31.0 Å². The van der Waals surface area contributed by atoms with E-state index >= 15 is 0 Å². The van der Waals surface area contributed by atoms with E-state index in [1.807, 2.05) is 6.92 Å². The zero-order valence-corrected chi connectivity index (χ0v) is 12.8. The van der Waals surface area contributed by atoms with Gasteiger partial charge in [0.25, 0.3) is 0 Å². The smallest absolute Gasteiger partial charge is 0.235 e. The summed E-state index contributed by atoms with van der Waals surface area (Å²) in [6, 6.07) is 4.88. The molecule has 1 amide bonds. The van der Waals surface area contributed by atoms with E-state index < -0.39 is 10.0 Å². The molecule has 1 N–H and O–H groups in total. The van der Waals surface area contributed by atoms with Crippen molar-refractivity contribution in [1.29, 1.82) is 0 Å². The maximum Gasteiger partial charge on any atom is 0.235 e. The Morgan fingerprint density at radius 1 is 1.45 bits per heavy atom. The van der Waals surface area contributed by atoms with E-state index in [0.717, 1.165) is 6.42 Å². The van der Waals surface area contributed by atoms with Gasteiger partial charge in [-0.1, -0.05) is 18.5 Å². The van der Waals surface area contributed by atoms with Crippen molar-refractivity contribution in [2.75, 3.05) is 21.9 Å². The maximum atomic E-state index is 11.9.